The van der Waals surface area contributed by atoms with Crippen molar-refractivity contribution in [1.29, 1.82) is 0 Å². The van der Waals surface area contributed by atoms with Gasteiger partial charge in [-0.05, 0) is 17.0 Å². The first-order valence-electron chi connectivity index (χ1n) is 8.27. The molecule has 1 fully saturated rings. The molecular formula is C19H19N3O2S. The van der Waals surface area contributed by atoms with Crippen LogP contribution in [0.1, 0.15) is 17.2 Å². The quantitative estimate of drug-likeness (QED) is 0.783. The molecule has 2 aromatic heterocycles. The average molecular weight is 353 g/mol. The highest BCUT2D eigenvalue weighted by Crippen LogP contribution is 2.27. The number of thiophene rings is 1. The van der Waals surface area contributed by atoms with E-state index in [4.69, 9.17) is 10.2 Å². The van der Waals surface area contributed by atoms with Gasteiger partial charge in [0.15, 0.2) is 0 Å². The van der Waals surface area contributed by atoms with Crippen LogP contribution >= 0.6 is 11.3 Å². The van der Waals surface area contributed by atoms with Gasteiger partial charge in [0.1, 0.15) is 6.26 Å². The molecule has 0 spiro atoms. The minimum atomic E-state index is -0.0367. The van der Waals surface area contributed by atoms with E-state index in [1.165, 1.54) is 5.56 Å². The first-order chi connectivity index (χ1) is 12.2. The topological polar surface area (TPSA) is 72.4 Å². The van der Waals surface area contributed by atoms with Gasteiger partial charge in [-0.3, -0.25) is 4.79 Å². The predicted octanol–water partition coefficient (Wildman–Crippen LogP) is 2.90. The predicted molar refractivity (Wildman–Crippen MR) is 97.3 cm³/mol. The van der Waals surface area contributed by atoms with Crippen molar-refractivity contribution in [2.75, 3.05) is 13.1 Å². The van der Waals surface area contributed by atoms with E-state index in [2.05, 4.69) is 17.1 Å². The van der Waals surface area contributed by atoms with Crippen molar-refractivity contribution in [3.05, 3.63) is 65.4 Å². The van der Waals surface area contributed by atoms with E-state index in [9.17, 15) is 4.79 Å². The number of hydrogen-bond donors (Lipinski definition) is 1. The minimum absolute atomic E-state index is 0.0367. The Balaban J connectivity index is 1.42. The van der Waals surface area contributed by atoms with Crippen molar-refractivity contribution in [3.63, 3.8) is 0 Å². The van der Waals surface area contributed by atoms with Crippen LogP contribution in [0.3, 0.4) is 0 Å². The largest absolute Gasteiger partial charge is 0.444 e. The fraction of sp³-hybridized carbons (Fsp3) is 0.263. The molecule has 1 aliphatic rings. The van der Waals surface area contributed by atoms with E-state index in [0.717, 1.165) is 4.88 Å². The van der Waals surface area contributed by atoms with Crippen molar-refractivity contribution in [2.45, 2.75) is 18.4 Å². The molecular weight excluding hydrogens is 334 g/mol. The molecule has 5 nitrogen and oxygen atoms in total. The number of carbonyl (C=O) groups excluding carboxylic acids is 1. The second-order valence-electron chi connectivity index (χ2n) is 6.28. The molecule has 25 heavy (non-hydrogen) atoms. The Morgan fingerprint density at radius 1 is 1.24 bits per heavy atom. The fourth-order valence-corrected chi connectivity index (χ4v) is 3.91. The summed E-state index contributed by atoms with van der Waals surface area (Å²) in [6, 6.07) is 14.0. The number of benzene rings is 1. The standard InChI is InChI=1S/C19H19N3O2S/c20-16-11-22(10-15(16)13-5-2-1-3-6-13)18(23)9-14-12-24-19(21-14)17-7-4-8-25-17/h1-8,12,15-16H,9-11,20H2/t15-,16+/m0/s1. The molecule has 1 aromatic carbocycles. The highest BCUT2D eigenvalue weighted by Gasteiger charge is 2.33. The molecule has 0 aliphatic carbocycles. The van der Waals surface area contributed by atoms with Gasteiger partial charge in [-0.2, -0.15) is 0 Å². The smallest absolute Gasteiger partial charge is 0.236 e. The normalized spacial score (nSPS) is 20.1. The first kappa shape index (κ1) is 16.1. The van der Waals surface area contributed by atoms with E-state index in [0.29, 0.717) is 24.7 Å². The third kappa shape index (κ3) is 3.36. The monoisotopic (exact) mass is 353 g/mol. The van der Waals surface area contributed by atoms with Crippen LogP contribution in [0, 0.1) is 0 Å². The molecule has 1 aliphatic heterocycles. The fourth-order valence-electron chi connectivity index (χ4n) is 3.25. The van der Waals surface area contributed by atoms with Crippen LogP contribution in [-0.4, -0.2) is 34.9 Å². The molecule has 128 valence electrons. The minimum Gasteiger partial charge on any atom is -0.444 e. The number of amides is 1. The van der Waals surface area contributed by atoms with Gasteiger partial charge in [0.05, 0.1) is 17.0 Å². The van der Waals surface area contributed by atoms with Crippen LogP contribution < -0.4 is 5.73 Å². The summed E-state index contributed by atoms with van der Waals surface area (Å²) in [6.07, 6.45) is 1.81. The van der Waals surface area contributed by atoms with Gasteiger partial charge < -0.3 is 15.1 Å². The molecule has 1 saturated heterocycles. The summed E-state index contributed by atoms with van der Waals surface area (Å²) in [6.45, 7) is 1.23. The van der Waals surface area contributed by atoms with Crippen molar-refractivity contribution in [2.24, 2.45) is 5.73 Å². The zero-order valence-corrected chi connectivity index (χ0v) is 14.5. The summed E-state index contributed by atoms with van der Waals surface area (Å²) in [4.78, 5) is 19.8. The zero-order chi connectivity index (χ0) is 17.2. The summed E-state index contributed by atoms with van der Waals surface area (Å²) < 4.78 is 5.49. The molecule has 0 bridgehead atoms. The number of oxazole rings is 1. The molecule has 0 saturated carbocycles. The molecule has 3 heterocycles. The Morgan fingerprint density at radius 3 is 2.84 bits per heavy atom. The lowest BCUT2D eigenvalue weighted by Crippen LogP contribution is -2.33. The van der Waals surface area contributed by atoms with Crippen LogP contribution in [-0.2, 0) is 11.2 Å². The van der Waals surface area contributed by atoms with E-state index in [1.54, 1.807) is 17.6 Å². The number of nitrogens with zero attached hydrogens (tertiary/aromatic N) is 2. The number of likely N-dealkylation sites (tertiary alicyclic amines) is 1. The van der Waals surface area contributed by atoms with Crippen LogP contribution in [0.25, 0.3) is 10.8 Å². The second-order valence-corrected chi connectivity index (χ2v) is 7.23. The number of hydrogen-bond acceptors (Lipinski definition) is 5. The number of carbonyl (C=O) groups is 1. The third-order valence-corrected chi connectivity index (χ3v) is 5.42. The Kier molecular flexibility index (Phi) is 4.38. The number of nitrogens with two attached hydrogens (primary N) is 1. The molecule has 0 radical (unpaired) electrons. The lowest BCUT2D eigenvalue weighted by atomic mass is 9.95. The maximum atomic E-state index is 12.6. The Bertz CT molecular complexity index is 845. The van der Waals surface area contributed by atoms with Crippen LogP contribution in [0.4, 0.5) is 0 Å². The van der Waals surface area contributed by atoms with Gasteiger partial charge in [0.2, 0.25) is 11.8 Å². The lowest BCUT2D eigenvalue weighted by Gasteiger charge is -2.15. The molecule has 3 aromatic rings. The average Bonchev–Trinajstić information content (AvgIpc) is 3.35. The van der Waals surface area contributed by atoms with E-state index >= 15 is 0 Å². The molecule has 0 unspecified atom stereocenters. The van der Waals surface area contributed by atoms with Gasteiger partial charge in [-0.15, -0.1) is 11.3 Å². The van der Waals surface area contributed by atoms with Crippen LogP contribution in [0.15, 0.2) is 58.5 Å². The van der Waals surface area contributed by atoms with E-state index in [1.807, 2.05) is 40.6 Å². The van der Waals surface area contributed by atoms with Gasteiger partial charge in [0, 0.05) is 25.0 Å². The van der Waals surface area contributed by atoms with Crippen molar-refractivity contribution in [3.8, 4) is 10.8 Å². The SMILES string of the molecule is N[C@@H]1CN(C(=O)Cc2coc(-c3cccs3)n2)C[C@H]1c1ccccc1. The summed E-state index contributed by atoms with van der Waals surface area (Å²) in [5.74, 6) is 0.794. The first-order valence-corrected chi connectivity index (χ1v) is 9.15. The lowest BCUT2D eigenvalue weighted by molar-refractivity contribution is -0.129. The maximum absolute atomic E-state index is 12.6. The van der Waals surface area contributed by atoms with Gasteiger partial charge in [0.25, 0.3) is 0 Å². The van der Waals surface area contributed by atoms with Crippen molar-refractivity contribution in [1.82, 2.24) is 9.88 Å². The summed E-state index contributed by atoms with van der Waals surface area (Å²) >= 11 is 1.56. The van der Waals surface area contributed by atoms with Crippen molar-refractivity contribution >= 4 is 17.2 Å². The highest BCUT2D eigenvalue weighted by molar-refractivity contribution is 7.13. The Hall–Kier alpha value is -2.44. The molecule has 2 N–H and O–H groups in total. The molecule has 4 rings (SSSR count). The maximum Gasteiger partial charge on any atom is 0.236 e. The molecule has 6 heteroatoms. The van der Waals surface area contributed by atoms with Gasteiger partial charge >= 0.3 is 0 Å². The van der Waals surface area contributed by atoms with E-state index < -0.39 is 0 Å². The van der Waals surface area contributed by atoms with Gasteiger partial charge in [-0.1, -0.05) is 36.4 Å². The summed E-state index contributed by atoms with van der Waals surface area (Å²) in [7, 11) is 0. The summed E-state index contributed by atoms with van der Waals surface area (Å²) in [5, 5.41) is 1.97. The van der Waals surface area contributed by atoms with Crippen LogP contribution in [0.5, 0.6) is 0 Å². The van der Waals surface area contributed by atoms with Crippen LogP contribution in [0.2, 0.25) is 0 Å². The van der Waals surface area contributed by atoms with Crippen molar-refractivity contribution < 1.29 is 9.21 Å². The highest BCUT2D eigenvalue weighted by atomic mass is 32.1. The second kappa shape index (κ2) is 6.82. The number of rotatable bonds is 4. The summed E-state index contributed by atoms with van der Waals surface area (Å²) in [5.41, 5.74) is 8.12. The molecule has 1 amide bonds. The Morgan fingerprint density at radius 2 is 2.08 bits per heavy atom. The number of aromatic nitrogens is 1. The Labute approximate surface area is 150 Å². The zero-order valence-electron chi connectivity index (χ0n) is 13.7. The van der Waals surface area contributed by atoms with Gasteiger partial charge in [-0.25, -0.2) is 4.98 Å². The van der Waals surface area contributed by atoms with E-state index in [-0.39, 0.29) is 24.3 Å². The third-order valence-electron chi connectivity index (χ3n) is 4.56. The molecule has 2 atom stereocenters.